The fourth-order valence-corrected chi connectivity index (χ4v) is 1.88. The van der Waals surface area contributed by atoms with Gasteiger partial charge in [-0.15, -0.1) is 12.6 Å². The van der Waals surface area contributed by atoms with Crippen LogP contribution in [0.25, 0.3) is 0 Å². The minimum absolute atomic E-state index is 0.565. The normalized spacial score (nSPS) is 10.6. The zero-order chi connectivity index (χ0) is 10.8. The lowest BCUT2D eigenvalue weighted by molar-refractivity contribution is 0.711. The van der Waals surface area contributed by atoms with Gasteiger partial charge in [-0.05, 0) is 11.6 Å². The van der Waals surface area contributed by atoms with Gasteiger partial charge < -0.3 is 4.57 Å². The van der Waals surface area contributed by atoms with E-state index in [4.69, 9.17) is 23.2 Å². The first kappa shape index (κ1) is 10.9. The van der Waals surface area contributed by atoms with Crippen LogP contribution in [0.3, 0.4) is 0 Å². The van der Waals surface area contributed by atoms with E-state index >= 15 is 0 Å². The molecule has 0 fully saturated rings. The van der Waals surface area contributed by atoms with Gasteiger partial charge in [-0.3, -0.25) is 0 Å². The van der Waals surface area contributed by atoms with Crippen molar-refractivity contribution in [1.29, 1.82) is 0 Å². The van der Waals surface area contributed by atoms with Crippen LogP contribution in [-0.2, 0) is 6.54 Å². The van der Waals surface area contributed by atoms with Crippen molar-refractivity contribution in [1.82, 2.24) is 9.55 Å². The van der Waals surface area contributed by atoms with Gasteiger partial charge in [-0.25, -0.2) is 4.98 Å². The maximum absolute atomic E-state index is 6.07. The number of halogens is 2. The molecule has 1 aromatic heterocycles. The summed E-state index contributed by atoms with van der Waals surface area (Å²) < 4.78 is 1.89. The number of hydrogen-bond acceptors (Lipinski definition) is 2. The van der Waals surface area contributed by atoms with Crippen molar-refractivity contribution >= 4 is 35.8 Å². The molecular formula is C10H8Cl2N2S. The van der Waals surface area contributed by atoms with E-state index in [-0.39, 0.29) is 0 Å². The molecule has 1 heterocycles. The Morgan fingerprint density at radius 1 is 1.33 bits per heavy atom. The summed E-state index contributed by atoms with van der Waals surface area (Å²) in [5.74, 6) is 0. The van der Waals surface area contributed by atoms with E-state index in [0.29, 0.717) is 21.7 Å². The summed E-state index contributed by atoms with van der Waals surface area (Å²) in [6, 6.07) is 5.57. The molecule has 0 atom stereocenters. The van der Waals surface area contributed by atoms with Crippen molar-refractivity contribution in [2.75, 3.05) is 0 Å². The highest BCUT2D eigenvalue weighted by atomic mass is 35.5. The lowest BCUT2D eigenvalue weighted by Crippen LogP contribution is -1.99. The van der Waals surface area contributed by atoms with Crippen molar-refractivity contribution in [3.63, 3.8) is 0 Å². The predicted molar refractivity (Wildman–Crippen MR) is 65.0 cm³/mol. The molecule has 2 nitrogen and oxygen atoms in total. The molecule has 0 aliphatic rings. The zero-order valence-electron chi connectivity index (χ0n) is 7.69. The Labute approximate surface area is 103 Å². The Bertz CT molecular complexity index is 482. The Kier molecular flexibility index (Phi) is 3.24. The van der Waals surface area contributed by atoms with E-state index in [1.807, 2.05) is 22.9 Å². The fourth-order valence-electron chi connectivity index (χ4n) is 1.30. The zero-order valence-corrected chi connectivity index (χ0v) is 10.1. The third-order valence-electron chi connectivity index (χ3n) is 2.07. The highest BCUT2D eigenvalue weighted by Crippen LogP contribution is 2.26. The third kappa shape index (κ3) is 2.30. The third-order valence-corrected chi connectivity index (χ3v) is 3.30. The fraction of sp³-hybridized carbons (Fsp3) is 0.100. The van der Waals surface area contributed by atoms with Gasteiger partial charge >= 0.3 is 0 Å². The Hall–Kier alpha value is -0.640. The summed E-state index contributed by atoms with van der Waals surface area (Å²) in [5.41, 5.74) is 0.956. The molecule has 0 N–H and O–H groups in total. The number of rotatable bonds is 2. The van der Waals surface area contributed by atoms with Crippen LogP contribution in [0, 0.1) is 0 Å². The molecule has 0 spiro atoms. The van der Waals surface area contributed by atoms with Crippen molar-refractivity contribution in [3.05, 3.63) is 46.2 Å². The molecule has 1 aromatic carbocycles. The van der Waals surface area contributed by atoms with Crippen LogP contribution in [0.4, 0.5) is 0 Å². The highest BCUT2D eigenvalue weighted by Gasteiger charge is 2.06. The molecule has 15 heavy (non-hydrogen) atoms. The molecular weight excluding hydrogens is 251 g/mol. The van der Waals surface area contributed by atoms with E-state index in [0.717, 1.165) is 5.56 Å². The second-order valence-electron chi connectivity index (χ2n) is 3.07. The second-order valence-corrected chi connectivity index (χ2v) is 4.25. The molecule has 2 aromatic rings. The van der Waals surface area contributed by atoms with E-state index in [1.54, 1.807) is 12.3 Å². The Balaban J connectivity index is 2.33. The number of imidazole rings is 1. The maximum Gasteiger partial charge on any atom is 0.165 e. The van der Waals surface area contributed by atoms with Crippen molar-refractivity contribution in [2.24, 2.45) is 0 Å². The summed E-state index contributed by atoms with van der Waals surface area (Å²) >= 11 is 16.2. The SMILES string of the molecule is Sc1nccn1Cc1cccc(Cl)c1Cl. The molecule has 2 rings (SSSR count). The van der Waals surface area contributed by atoms with Crippen LogP contribution in [0.2, 0.25) is 10.0 Å². The van der Waals surface area contributed by atoms with Crippen LogP contribution in [-0.4, -0.2) is 9.55 Å². The number of thiol groups is 1. The average Bonchev–Trinajstić information content (AvgIpc) is 2.60. The van der Waals surface area contributed by atoms with E-state index < -0.39 is 0 Å². The summed E-state index contributed by atoms with van der Waals surface area (Å²) in [5, 5.41) is 1.81. The minimum Gasteiger partial charge on any atom is -0.322 e. The van der Waals surface area contributed by atoms with Crippen LogP contribution in [0.5, 0.6) is 0 Å². The first-order chi connectivity index (χ1) is 7.18. The first-order valence-corrected chi connectivity index (χ1v) is 5.52. The molecule has 0 aliphatic carbocycles. The average molecular weight is 259 g/mol. The smallest absolute Gasteiger partial charge is 0.165 e. The van der Waals surface area contributed by atoms with E-state index in [1.165, 1.54) is 0 Å². The standard InChI is InChI=1S/C10H8Cl2N2S/c11-8-3-1-2-7(9(8)12)6-14-5-4-13-10(14)15/h1-5H,6H2,(H,13,15). The van der Waals surface area contributed by atoms with Gasteiger partial charge in [0.2, 0.25) is 0 Å². The molecule has 0 saturated carbocycles. The monoisotopic (exact) mass is 258 g/mol. The van der Waals surface area contributed by atoms with Gasteiger partial charge in [-0.1, -0.05) is 35.3 Å². The van der Waals surface area contributed by atoms with E-state index in [9.17, 15) is 0 Å². The predicted octanol–water partition coefficient (Wildman–Crippen LogP) is 3.53. The Morgan fingerprint density at radius 3 is 2.80 bits per heavy atom. The first-order valence-electron chi connectivity index (χ1n) is 4.31. The van der Waals surface area contributed by atoms with Crippen LogP contribution >= 0.6 is 35.8 Å². The van der Waals surface area contributed by atoms with Crippen molar-refractivity contribution < 1.29 is 0 Å². The van der Waals surface area contributed by atoms with Gasteiger partial charge in [0.25, 0.3) is 0 Å². The van der Waals surface area contributed by atoms with E-state index in [2.05, 4.69) is 17.6 Å². The molecule has 5 heteroatoms. The van der Waals surface area contributed by atoms with Crippen LogP contribution < -0.4 is 0 Å². The van der Waals surface area contributed by atoms with Crippen molar-refractivity contribution in [2.45, 2.75) is 11.7 Å². The molecule has 0 aliphatic heterocycles. The maximum atomic E-state index is 6.07. The van der Waals surface area contributed by atoms with Gasteiger partial charge in [0, 0.05) is 12.4 Å². The molecule has 78 valence electrons. The van der Waals surface area contributed by atoms with Gasteiger partial charge in [-0.2, -0.15) is 0 Å². The number of hydrogen-bond donors (Lipinski definition) is 1. The van der Waals surface area contributed by atoms with Crippen LogP contribution in [0.1, 0.15) is 5.56 Å². The lowest BCUT2D eigenvalue weighted by atomic mass is 10.2. The largest absolute Gasteiger partial charge is 0.322 e. The molecule has 0 unspecified atom stereocenters. The summed E-state index contributed by atoms with van der Waals surface area (Å²) in [7, 11) is 0. The summed E-state index contributed by atoms with van der Waals surface area (Å²) in [6.07, 6.45) is 3.54. The molecule has 0 saturated heterocycles. The number of benzene rings is 1. The molecule has 0 radical (unpaired) electrons. The molecule has 0 bridgehead atoms. The van der Waals surface area contributed by atoms with Crippen molar-refractivity contribution in [3.8, 4) is 0 Å². The number of aromatic nitrogens is 2. The topological polar surface area (TPSA) is 17.8 Å². The summed E-state index contributed by atoms with van der Waals surface area (Å²) in [4.78, 5) is 4.02. The second kappa shape index (κ2) is 4.47. The van der Waals surface area contributed by atoms with Gasteiger partial charge in [0.1, 0.15) is 0 Å². The Morgan fingerprint density at radius 2 is 2.13 bits per heavy atom. The summed E-state index contributed by atoms with van der Waals surface area (Å²) in [6.45, 7) is 0.623. The number of nitrogens with zero attached hydrogens (tertiary/aromatic N) is 2. The minimum atomic E-state index is 0.565. The van der Waals surface area contributed by atoms with Gasteiger partial charge in [0.05, 0.1) is 16.6 Å². The van der Waals surface area contributed by atoms with Crippen LogP contribution in [0.15, 0.2) is 35.7 Å². The van der Waals surface area contributed by atoms with Gasteiger partial charge in [0.15, 0.2) is 5.16 Å². The highest BCUT2D eigenvalue weighted by molar-refractivity contribution is 7.80. The molecule has 0 amide bonds. The quantitative estimate of drug-likeness (QED) is 0.817. The lowest BCUT2D eigenvalue weighted by Gasteiger charge is -2.07.